The molecule has 0 atom stereocenters. The number of amides is 1. The molecular weight excluding hydrogens is 434 g/mol. The summed E-state index contributed by atoms with van der Waals surface area (Å²) in [6.07, 6.45) is 3.52. The Morgan fingerprint density at radius 2 is 1.97 bits per heavy atom. The minimum Gasteiger partial charge on any atom is -0.383 e. The van der Waals surface area contributed by atoms with Crippen LogP contribution in [0.4, 0.5) is 0 Å². The van der Waals surface area contributed by atoms with Crippen LogP contribution in [0.25, 0.3) is 17.1 Å². The Labute approximate surface area is 197 Å². The Bertz CT molecular complexity index is 1230. The lowest BCUT2D eigenvalue weighted by Gasteiger charge is -2.12. The maximum Gasteiger partial charge on any atom is 0.251 e. The van der Waals surface area contributed by atoms with Crippen LogP contribution in [0.2, 0.25) is 0 Å². The van der Waals surface area contributed by atoms with Gasteiger partial charge in [-0.3, -0.25) is 14.3 Å². The summed E-state index contributed by atoms with van der Waals surface area (Å²) in [6.45, 7) is 3.00. The molecule has 7 nitrogen and oxygen atoms in total. The quantitative estimate of drug-likeness (QED) is 0.297. The molecule has 4 rings (SSSR count). The molecule has 0 aliphatic carbocycles. The number of nitrogens with one attached hydrogen (secondary N) is 1. The minimum atomic E-state index is -0.112. The summed E-state index contributed by atoms with van der Waals surface area (Å²) < 4.78 is 7.06. The van der Waals surface area contributed by atoms with Crippen molar-refractivity contribution in [2.24, 2.45) is 0 Å². The van der Waals surface area contributed by atoms with Crippen LogP contribution in [0, 0.1) is 6.92 Å². The van der Waals surface area contributed by atoms with Gasteiger partial charge in [-0.25, -0.2) is 0 Å². The van der Waals surface area contributed by atoms with Crippen LogP contribution < -0.4 is 5.32 Å². The smallest absolute Gasteiger partial charge is 0.251 e. The third-order valence-corrected chi connectivity index (χ3v) is 6.00. The van der Waals surface area contributed by atoms with E-state index in [1.165, 1.54) is 0 Å². The van der Waals surface area contributed by atoms with Gasteiger partial charge < -0.3 is 10.1 Å². The summed E-state index contributed by atoms with van der Waals surface area (Å²) in [6, 6.07) is 19.7. The molecule has 0 spiro atoms. The number of nitrogens with zero attached hydrogens (tertiary/aromatic N) is 4. The van der Waals surface area contributed by atoms with Gasteiger partial charge in [0, 0.05) is 48.6 Å². The average molecular weight is 460 g/mol. The monoisotopic (exact) mass is 459 g/mol. The van der Waals surface area contributed by atoms with Gasteiger partial charge in [0.1, 0.15) is 0 Å². The molecule has 0 saturated heterocycles. The second-order valence-corrected chi connectivity index (χ2v) is 8.36. The predicted molar refractivity (Wildman–Crippen MR) is 130 cm³/mol. The Balaban J connectivity index is 1.64. The summed E-state index contributed by atoms with van der Waals surface area (Å²) in [5.41, 5.74) is 4.59. The highest BCUT2D eigenvalue weighted by Crippen LogP contribution is 2.30. The lowest BCUT2D eigenvalue weighted by atomic mass is 10.1. The van der Waals surface area contributed by atoms with Crippen molar-refractivity contribution in [1.82, 2.24) is 25.1 Å². The van der Waals surface area contributed by atoms with Crippen molar-refractivity contribution in [2.75, 3.05) is 20.3 Å². The van der Waals surface area contributed by atoms with Crippen molar-refractivity contribution in [3.63, 3.8) is 0 Å². The van der Waals surface area contributed by atoms with Crippen molar-refractivity contribution in [3.05, 3.63) is 89.7 Å². The highest BCUT2D eigenvalue weighted by Gasteiger charge is 2.18. The van der Waals surface area contributed by atoms with E-state index in [-0.39, 0.29) is 5.91 Å². The van der Waals surface area contributed by atoms with E-state index in [0.717, 1.165) is 33.4 Å². The topological polar surface area (TPSA) is 81.9 Å². The Kier molecular flexibility index (Phi) is 7.49. The molecule has 1 N–H and O–H groups in total. The molecule has 0 bridgehead atoms. The molecule has 0 aliphatic heterocycles. The summed E-state index contributed by atoms with van der Waals surface area (Å²) in [5, 5.41) is 12.6. The third-order valence-electron chi connectivity index (χ3n) is 5.02. The van der Waals surface area contributed by atoms with Crippen molar-refractivity contribution < 1.29 is 9.53 Å². The Hall–Kier alpha value is -3.49. The van der Waals surface area contributed by atoms with Gasteiger partial charge in [0.05, 0.1) is 6.61 Å². The lowest BCUT2D eigenvalue weighted by Crippen LogP contribution is -2.27. The largest absolute Gasteiger partial charge is 0.383 e. The predicted octanol–water partition coefficient (Wildman–Crippen LogP) is 4.31. The fraction of sp³-hybridized carbons (Fsp3) is 0.200. The van der Waals surface area contributed by atoms with Crippen LogP contribution in [0.5, 0.6) is 0 Å². The van der Waals surface area contributed by atoms with Crippen LogP contribution in [0.1, 0.15) is 21.5 Å². The standard InChI is InChI=1S/C25H25N5O2S/c1-18-7-5-10-21(15-18)30-23(19-9-6-12-26-16-19)28-29-25(30)33-17-20-8-3-4-11-22(20)24(31)27-13-14-32-2/h3-12,15-16H,13-14,17H2,1-2H3,(H,27,31). The van der Waals surface area contributed by atoms with E-state index < -0.39 is 0 Å². The second kappa shape index (κ2) is 10.9. The van der Waals surface area contributed by atoms with E-state index >= 15 is 0 Å². The van der Waals surface area contributed by atoms with Gasteiger partial charge in [0.2, 0.25) is 0 Å². The molecule has 2 aromatic heterocycles. The van der Waals surface area contributed by atoms with Crippen molar-refractivity contribution in [2.45, 2.75) is 17.8 Å². The first-order valence-corrected chi connectivity index (χ1v) is 11.6. The van der Waals surface area contributed by atoms with E-state index in [1.54, 1.807) is 31.3 Å². The summed E-state index contributed by atoms with van der Waals surface area (Å²) in [5.74, 6) is 1.19. The number of hydrogen-bond donors (Lipinski definition) is 1. The maximum atomic E-state index is 12.7. The van der Waals surface area contributed by atoms with Crippen molar-refractivity contribution in [1.29, 1.82) is 0 Å². The molecule has 1 amide bonds. The summed E-state index contributed by atoms with van der Waals surface area (Å²) in [7, 11) is 1.61. The zero-order valence-corrected chi connectivity index (χ0v) is 19.4. The molecule has 4 aromatic rings. The Morgan fingerprint density at radius 3 is 2.76 bits per heavy atom. The zero-order chi connectivity index (χ0) is 23.0. The molecule has 2 aromatic carbocycles. The number of rotatable bonds is 9. The van der Waals surface area contributed by atoms with E-state index in [2.05, 4.69) is 39.6 Å². The van der Waals surface area contributed by atoms with Gasteiger partial charge in [-0.1, -0.05) is 42.1 Å². The van der Waals surface area contributed by atoms with Crippen LogP contribution in [-0.4, -0.2) is 45.9 Å². The number of thioether (sulfide) groups is 1. The number of pyridine rings is 1. The van der Waals surface area contributed by atoms with Crippen LogP contribution >= 0.6 is 11.8 Å². The number of aromatic nitrogens is 4. The van der Waals surface area contributed by atoms with Crippen molar-refractivity contribution in [3.8, 4) is 17.1 Å². The normalized spacial score (nSPS) is 10.8. The summed E-state index contributed by atoms with van der Waals surface area (Å²) >= 11 is 1.54. The van der Waals surface area contributed by atoms with E-state index in [4.69, 9.17) is 4.74 Å². The van der Waals surface area contributed by atoms with Gasteiger partial charge in [0.25, 0.3) is 5.91 Å². The third kappa shape index (κ3) is 5.47. The second-order valence-electron chi connectivity index (χ2n) is 7.42. The summed E-state index contributed by atoms with van der Waals surface area (Å²) in [4.78, 5) is 16.9. The molecule has 8 heteroatoms. The van der Waals surface area contributed by atoms with E-state index in [1.807, 2.05) is 53.1 Å². The maximum absolute atomic E-state index is 12.7. The fourth-order valence-corrected chi connectivity index (χ4v) is 4.37. The lowest BCUT2D eigenvalue weighted by molar-refractivity contribution is 0.0936. The fourth-order valence-electron chi connectivity index (χ4n) is 3.42. The molecule has 0 radical (unpaired) electrons. The molecule has 2 heterocycles. The number of ether oxygens (including phenoxy) is 1. The Morgan fingerprint density at radius 1 is 1.09 bits per heavy atom. The highest BCUT2D eigenvalue weighted by molar-refractivity contribution is 7.98. The van der Waals surface area contributed by atoms with E-state index in [9.17, 15) is 4.79 Å². The molecule has 0 fully saturated rings. The molecular formula is C25H25N5O2S. The molecule has 33 heavy (non-hydrogen) atoms. The first kappa shape index (κ1) is 22.7. The highest BCUT2D eigenvalue weighted by atomic mass is 32.2. The number of aryl methyl sites for hydroxylation is 1. The van der Waals surface area contributed by atoms with Crippen LogP contribution in [0.3, 0.4) is 0 Å². The molecule has 0 aliphatic rings. The number of methoxy groups -OCH3 is 1. The van der Waals surface area contributed by atoms with Gasteiger partial charge >= 0.3 is 0 Å². The first-order valence-electron chi connectivity index (χ1n) is 10.6. The minimum absolute atomic E-state index is 0.112. The zero-order valence-electron chi connectivity index (χ0n) is 18.6. The number of benzene rings is 2. The molecule has 0 unspecified atom stereocenters. The van der Waals surface area contributed by atoms with Gasteiger partial charge in [-0.2, -0.15) is 0 Å². The number of hydrogen-bond acceptors (Lipinski definition) is 6. The molecule has 0 saturated carbocycles. The van der Waals surface area contributed by atoms with Crippen LogP contribution in [-0.2, 0) is 10.5 Å². The number of carbonyl (C=O) groups is 1. The van der Waals surface area contributed by atoms with Gasteiger partial charge in [-0.15, -0.1) is 10.2 Å². The first-order chi connectivity index (χ1) is 16.2. The SMILES string of the molecule is COCCNC(=O)c1ccccc1CSc1nnc(-c2cccnc2)n1-c1cccc(C)c1. The van der Waals surface area contributed by atoms with Gasteiger partial charge in [-0.05, 0) is 48.4 Å². The average Bonchev–Trinajstić information content (AvgIpc) is 3.27. The number of carbonyl (C=O) groups excluding carboxylic acids is 1. The van der Waals surface area contributed by atoms with Gasteiger partial charge in [0.15, 0.2) is 11.0 Å². The van der Waals surface area contributed by atoms with Crippen molar-refractivity contribution >= 4 is 17.7 Å². The molecule has 168 valence electrons. The van der Waals surface area contributed by atoms with Crippen LogP contribution in [0.15, 0.2) is 78.2 Å². The van der Waals surface area contributed by atoms with E-state index in [0.29, 0.717) is 24.5 Å².